The van der Waals surface area contributed by atoms with Crippen LogP contribution < -0.4 is 5.32 Å². The zero-order valence-corrected chi connectivity index (χ0v) is 14.1. The van der Waals surface area contributed by atoms with Crippen LogP contribution >= 0.6 is 11.8 Å². The molecule has 0 atom stereocenters. The molecule has 0 aliphatic carbocycles. The first-order valence-electron chi connectivity index (χ1n) is 7.79. The van der Waals surface area contributed by atoms with E-state index in [2.05, 4.69) is 5.32 Å². The fraction of sp³-hybridized carbons (Fsp3) is 0.0526. The maximum atomic E-state index is 14.1. The van der Waals surface area contributed by atoms with E-state index < -0.39 is 22.8 Å². The molecular formula is C19H12F2N2O2S. The molecule has 4 rings (SSSR count). The van der Waals surface area contributed by atoms with E-state index in [4.69, 9.17) is 0 Å². The smallest absolute Gasteiger partial charge is 0.290 e. The first-order chi connectivity index (χ1) is 12.5. The lowest BCUT2D eigenvalue weighted by Gasteiger charge is -2.11. The van der Waals surface area contributed by atoms with Gasteiger partial charge in [-0.15, -0.1) is 0 Å². The molecule has 0 bridgehead atoms. The van der Waals surface area contributed by atoms with Crippen LogP contribution in [0.25, 0.3) is 17.0 Å². The molecule has 1 fully saturated rings. The average molecular weight is 370 g/mol. The number of aromatic nitrogens is 1. The minimum absolute atomic E-state index is 0.0363. The highest BCUT2D eigenvalue weighted by Gasteiger charge is 2.25. The van der Waals surface area contributed by atoms with Crippen molar-refractivity contribution >= 4 is 39.9 Å². The molecular weight excluding hydrogens is 358 g/mol. The Hall–Kier alpha value is -2.93. The molecule has 1 N–H and O–H groups in total. The third-order valence-corrected chi connectivity index (χ3v) is 4.95. The second kappa shape index (κ2) is 6.42. The Morgan fingerprint density at radius 1 is 1.04 bits per heavy atom. The van der Waals surface area contributed by atoms with Crippen LogP contribution in [0.2, 0.25) is 0 Å². The van der Waals surface area contributed by atoms with E-state index in [0.29, 0.717) is 5.69 Å². The molecule has 0 unspecified atom stereocenters. The Bertz CT molecular complexity index is 1070. The number of carbonyl (C=O) groups excluding carboxylic acids is 2. The standard InChI is InChI=1S/C19H12F2N2O2S/c20-14-5-3-6-15(21)13(14)10-23-12(8-11-4-1-2-7-16(11)23)9-17-18(24)22-19(25)26-17/h1-9H,10H2,(H,22,24,25). The molecule has 2 aromatic carbocycles. The average Bonchev–Trinajstić information content (AvgIpc) is 3.11. The Labute approximate surface area is 151 Å². The Balaban J connectivity index is 1.86. The molecule has 7 heteroatoms. The van der Waals surface area contributed by atoms with Crippen molar-refractivity contribution in [1.82, 2.24) is 9.88 Å². The van der Waals surface area contributed by atoms with Crippen molar-refractivity contribution in [2.45, 2.75) is 6.54 Å². The molecule has 0 saturated carbocycles. The summed E-state index contributed by atoms with van der Waals surface area (Å²) in [6.07, 6.45) is 1.56. The van der Waals surface area contributed by atoms with Gasteiger partial charge in [0.15, 0.2) is 0 Å². The van der Waals surface area contributed by atoms with Gasteiger partial charge in [0.1, 0.15) is 11.6 Å². The first-order valence-corrected chi connectivity index (χ1v) is 8.60. The third-order valence-electron chi connectivity index (χ3n) is 4.14. The van der Waals surface area contributed by atoms with Crippen LogP contribution in [0.15, 0.2) is 53.4 Å². The number of nitrogens with zero attached hydrogens (tertiary/aromatic N) is 1. The van der Waals surface area contributed by atoms with Crippen molar-refractivity contribution in [3.63, 3.8) is 0 Å². The topological polar surface area (TPSA) is 51.1 Å². The van der Waals surface area contributed by atoms with Crippen molar-refractivity contribution in [3.8, 4) is 0 Å². The predicted octanol–water partition coefficient (Wildman–Crippen LogP) is 4.29. The molecule has 2 heterocycles. The van der Waals surface area contributed by atoms with Crippen molar-refractivity contribution in [1.29, 1.82) is 0 Å². The van der Waals surface area contributed by atoms with Crippen molar-refractivity contribution in [2.75, 3.05) is 0 Å². The predicted molar refractivity (Wildman–Crippen MR) is 96.5 cm³/mol. The zero-order valence-electron chi connectivity index (χ0n) is 13.3. The Kier molecular flexibility index (Phi) is 4.08. The van der Waals surface area contributed by atoms with E-state index >= 15 is 0 Å². The van der Waals surface area contributed by atoms with Crippen LogP contribution in [-0.2, 0) is 11.3 Å². The Morgan fingerprint density at radius 2 is 1.77 bits per heavy atom. The summed E-state index contributed by atoms with van der Waals surface area (Å²) in [7, 11) is 0. The summed E-state index contributed by atoms with van der Waals surface area (Å²) in [6.45, 7) is -0.0363. The van der Waals surface area contributed by atoms with E-state index in [1.54, 1.807) is 10.6 Å². The molecule has 1 saturated heterocycles. The van der Waals surface area contributed by atoms with Crippen LogP contribution in [0.5, 0.6) is 0 Å². The van der Waals surface area contributed by atoms with Gasteiger partial charge in [-0.2, -0.15) is 0 Å². The number of fused-ring (bicyclic) bond motifs is 1. The summed E-state index contributed by atoms with van der Waals surface area (Å²) >= 11 is 0.800. The maximum Gasteiger partial charge on any atom is 0.290 e. The minimum Gasteiger partial charge on any atom is -0.336 e. The molecule has 0 radical (unpaired) electrons. The van der Waals surface area contributed by atoms with Gasteiger partial charge in [-0.25, -0.2) is 8.78 Å². The van der Waals surface area contributed by atoms with E-state index in [9.17, 15) is 18.4 Å². The summed E-state index contributed by atoms with van der Waals surface area (Å²) in [5, 5.41) is 2.62. The molecule has 1 aromatic heterocycles. The number of thioether (sulfide) groups is 1. The molecule has 26 heavy (non-hydrogen) atoms. The monoisotopic (exact) mass is 370 g/mol. The number of imide groups is 1. The van der Waals surface area contributed by atoms with Gasteiger partial charge in [-0.3, -0.25) is 14.9 Å². The van der Waals surface area contributed by atoms with Gasteiger partial charge in [0.2, 0.25) is 0 Å². The maximum absolute atomic E-state index is 14.1. The number of amides is 2. The molecule has 1 aliphatic rings. The number of nitrogens with one attached hydrogen (secondary N) is 1. The van der Waals surface area contributed by atoms with E-state index in [1.807, 2.05) is 30.3 Å². The van der Waals surface area contributed by atoms with E-state index in [0.717, 1.165) is 22.7 Å². The van der Waals surface area contributed by atoms with Gasteiger partial charge in [-0.1, -0.05) is 24.3 Å². The number of carbonyl (C=O) groups is 2. The zero-order chi connectivity index (χ0) is 18.3. The lowest BCUT2D eigenvalue weighted by molar-refractivity contribution is -0.115. The van der Waals surface area contributed by atoms with E-state index in [-0.39, 0.29) is 17.0 Å². The molecule has 0 spiro atoms. The van der Waals surface area contributed by atoms with Gasteiger partial charge in [0.25, 0.3) is 11.1 Å². The fourth-order valence-electron chi connectivity index (χ4n) is 2.92. The number of benzene rings is 2. The van der Waals surface area contributed by atoms with Gasteiger partial charge in [0, 0.05) is 22.2 Å². The van der Waals surface area contributed by atoms with Crippen molar-refractivity contribution < 1.29 is 18.4 Å². The number of hydrogen-bond donors (Lipinski definition) is 1. The van der Waals surface area contributed by atoms with Crippen LogP contribution in [-0.4, -0.2) is 15.7 Å². The SMILES string of the molecule is O=C1NC(=O)C(=Cc2cc3ccccc3n2Cc2c(F)cccc2F)S1. The van der Waals surface area contributed by atoms with E-state index in [1.165, 1.54) is 18.2 Å². The largest absolute Gasteiger partial charge is 0.336 e. The van der Waals surface area contributed by atoms with Gasteiger partial charge in [0.05, 0.1) is 11.4 Å². The second-order valence-corrected chi connectivity index (χ2v) is 6.78. The second-order valence-electron chi connectivity index (χ2n) is 5.77. The summed E-state index contributed by atoms with van der Waals surface area (Å²) in [5.74, 6) is -1.75. The first kappa shape index (κ1) is 16.5. The summed E-state index contributed by atoms with van der Waals surface area (Å²) in [6, 6.07) is 12.9. The molecule has 1 aliphatic heterocycles. The van der Waals surface area contributed by atoms with Gasteiger partial charge < -0.3 is 4.57 Å². The molecule has 2 amide bonds. The normalized spacial score (nSPS) is 15.8. The lowest BCUT2D eigenvalue weighted by Crippen LogP contribution is -2.17. The third kappa shape index (κ3) is 2.90. The fourth-order valence-corrected chi connectivity index (χ4v) is 3.59. The highest BCUT2D eigenvalue weighted by molar-refractivity contribution is 8.18. The lowest BCUT2D eigenvalue weighted by atomic mass is 10.2. The van der Waals surface area contributed by atoms with Crippen LogP contribution in [0.3, 0.4) is 0 Å². The van der Waals surface area contributed by atoms with Gasteiger partial charge in [-0.05, 0) is 42.1 Å². The minimum atomic E-state index is -0.635. The number of halogens is 2. The van der Waals surface area contributed by atoms with Crippen LogP contribution in [0.1, 0.15) is 11.3 Å². The molecule has 130 valence electrons. The number of para-hydroxylation sites is 1. The van der Waals surface area contributed by atoms with Crippen LogP contribution in [0.4, 0.5) is 13.6 Å². The number of hydrogen-bond acceptors (Lipinski definition) is 3. The van der Waals surface area contributed by atoms with Crippen molar-refractivity contribution in [3.05, 3.63) is 76.3 Å². The summed E-state index contributed by atoms with van der Waals surface area (Å²) < 4.78 is 29.9. The Morgan fingerprint density at radius 3 is 2.46 bits per heavy atom. The van der Waals surface area contributed by atoms with Crippen LogP contribution in [0, 0.1) is 11.6 Å². The highest BCUT2D eigenvalue weighted by atomic mass is 32.2. The summed E-state index contributed by atoms with van der Waals surface area (Å²) in [4.78, 5) is 23.5. The molecule has 3 aromatic rings. The number of rotatable bonds is 3. The highest BCUT2D eigenvalue weighted by Crippen LogP contribution is 2.29. The van der Waals surface area contributed by atoms with Crippen molar-refractivity contribution in [2.24, 2.45) is 0 Å². The van der Waals surface area contributed by atoms with Gasteiger partial charge >= 0.3 is 0 Å². The molecule has 4 nitrogen and oxygen atoms in total. The summed E-state index contributed by atoms with van der Waals surface area (Å²) in [5.41, 5.74) is 1.30. The quantitative estimate of drug-likeness (QED) is 0.700.